The highest BCUT2D eigenvalue weighted by atomic mass is 35.5. The molecule has 0 amide bonds. The Morgan fingerprint density at radius 2 is 1.93 bits per heavy atom. The van der Waals surface area contributed by atoms with Gasteiger partial charge in [0, 0.05) is 18.1 Å². The Morgan fingerprint density at radius 1 is 1.19 bits per heavy atom. The van der Waals surface area contributed by atoms with E-state index in [1.165, 1.54) is 26.4 Å². The van der Waals surface area contributed by atoms with Gasteiger partial charge in [-0.25, -0.2) is 12.8 Å². The van der Waals surface area contributed by atoms with Crippen molar-refractivity contribution in [2.24, 2.45) is 5.10 Å². The molecule has 1 aliphatic heterocycles. The second kappa shape index (κ2) is 7.36. The molecule has 0 fully saturated rings. The Kier molecular flexibility index (Phi) is 5.30. The second-order valence-electron chi connectivity index (χ2n) is 6.04. The van der Waals surface area contributed by atoms with E-state index in [9.17, 15) is 12.8 Å². The molecule has 0 bridgehead atoms. The van der Waals surface area contributed by atoms with Gasteiger partial charge < -0.3 is 9.47 Å². The van der Waals surface area contributed by atoms with E-state index < -0.39 is 21.9 Å². The quantitative estimate of drug-likeness (QED) is 0.752. The maximum Gasteiger partial charge on any atom is 0.247 e. The molecular weight excluding hydrogens is 395 g/mol. The van der Waals surface area contributed by atoms with Crippen molar-refractivity contribution in [2.75, 3.05) is 20.5 Å². The topological polar surface area (TPSA) is 68.2 Å². The molecule has 0 N–H and O–H groups in total. The summed E-state index contributed by atoms with van der Waals surface area (Å²) in [7, 11) is -0.623. The van der Waals surface area contributed by atoms with Gasteiger partial charge in [0.25, 0.3) is 0 Å². The number of benzene rings is 2. The molecule has 9 heteroatoms. The lowest BCUT2D eigenvalue weighted by Crippen LogP contribution is -2.26. The van der Waals surface area contributed by atoms with Gasteiger partial charge in [0.1, 0.15) is 17.3 Å². The first-order valence-corrected chi connectivity index (χ1v) is 10.2. The summed E-state index contributed by atoms with van der Waals surface area (Å²) < 4.78 is 50.0. The summed E-state index contributed by atoms with van der Waals surface area (Å²) >= 11 is 5.74. The molecule has 0 unspecified atom stereocenters. The number of sulfonamides is 1. The number of rotatable bonds is 5. The molecule has 0 spiro atoms. The Labute approximate surface area is 162 Å². The second-order valence-corrected chi connectivity index (χ2v) is 8.29. The number of nitrogens with zero attached hydrogens (tertiary/aromatic N) is 2. The zero-order valence-electron chi connectivity index (χ0n) is 14.9. The van der Waals surface area contributed by atoms with Crippen LogP contribution in [0.1, 0.15) is 23.6 Å². The summed E-state index contributed by atoms with van der Waals surface area (Å²) in [6, 6.07) is 8.74. The Hall–Kier alpha value is -2.32. The molecule has 144 valence electrons. The summed E-state index contributed by atoms with van der Waals surface area (Å²) in [4.78, 5) is 0. The third-order valence-electron chi connectivity index (χ3n) is 4.26. The van der Waals surface area contributed by atoms with E-state index in [1.807, 2.05) is 0 Å². The van der Waals surface area contributed by atoms with Crippen molar-refractivity contribution in [1.29, 1.82) is 0 Å². The van der Waals surface area contributed by atoms with E-state index in [0.29, 0.717) is 28.3 Å². The normalized spacial score (nSPS) is 17.0. The lowest BCUT2D eigenvalue weighted by atomic mass is 9.98. The first-order chi connectivity index (χ1) is 12.7. The van der Waals surface area contributed by atoms with Crippen molar-refractivity contribution in [2.45, 2.75) is 12.5 Å². The Bertz CT molecular complexity index is 1010. The molecule has 0 saturated heterocycles. The van der Waals surface area contributed by atoms with Crippen molar-refractivity contribution in [1.82, 2.24) is 4.41 Å². The summed E-state index contributed by atoms with van der Waals surface area (Å²) in [6.45, 7) is 0. The van der Waals surface area contributed by atoms with Crippen LogP contribution in [-0.4, -0.2) is 39.0 Å². The molecule has 6 nitrogen and oxygen atoms in total. The number of ether oxygens (including phenoxy) is 2. The molecule has 27 heavy (non-hydrogen) atoms. The van der Waals surface area contributed by atoms with Crippen molar-refractivity contribution in [3.8, 4) is 11.5 Å². The van der Waals surface area contributed by atoms with Crippen LogP contribution in [0.3, 0.4) is 0 Å². The van der Waals surface area contributed by atoms with Gasteiger partial charge in [0.05, 0.1) is 37.3 Å². The van der Waals surface area contributed by atoms with Crippen molar-refractivity contribution < 1.29 is 22.3 Å². The van der Waals surface area contributed by atoms with E-state index in [-0.39, 0.29) is 11.4 Å². The predicted molar refractivity (Wildman–Crippen MR) is 102 cm³/mol. The average molecular weight is 413 g/mol. The minimum atomic E-state index is -3.67. The predicted octanol–water partition coefficient (Wildman–Crippen LogP) is 3.61. The molecule has 1 atom stereocenters. The number of hydrazone groups is 1. The van der Waals surface area contributed by atoms with Crippen LogP contribution in [0.4, 0.5) is 4.39 Å². The Morgan fingerprint density at radius 3 is 2.52 bits per heavy atom. The van der Waals surface area contributed by atoms with E-state index in [1.54, 1.807) is 24.3 Å². The first kappa shape index (κ1) is 19.4. The smallest absolute Gasteiger partial charge is 0.247 e. The number of hydrogen-bond acceptors (Lipinski definition) is 5. The minimum Gasteiger partial charge on any atom is -0.497 e. The van der Waals surface area contributed by atoms with Gasteiger partial charge in [-0.15, -0.1) is 0 Å². The van der Waals surface area contributed by atoms with E-state index >= 15 is 0 Å². The number of methoxy groups -OCH3 is 2. The van der Waals surface area contributed by atoms with Gasteiger partial charge in [-0.3, -0.25) is 0 Å². The zero-order chi connectivity index (χ0) is 19.8. The van der Waals surface area contributed by atoms with Crippen LogP contribution < -0.4 is 9.47 Å². The van der Waals surface area contributed by atoms with Gasteiger partial charge in [0.2, 0.25) is 10.0 Å². The number of hydrogen-bond donors (Lipinski definition) is 0. The molecule has 0 saturated carbocycles. The van der Waals surface area contributed by atoms with Crippen LogP contribution in [0.15, 0.2) is 41.5 Å². The van der Waals surface area contributed by atoms with Gasteiger partial charge in [0.15, 0.2) is 0 Å². The molecule has 3 rings (SSSR count). The van der Waals surface area contributed by atoms with Gasteiger partial charge in [-0.1, -0.05) is 17.7 Å². The van der Waals surface area contributed by atoms with Crippen LogP contribution in [0, 0.1) is 5.82 Å². The molecule has 2 aromatic rings. The SMILES string of the molecule is COc1ccc(C2=NN(S(C)(=O)=O)[C@@H](c3ccc(Cl)c(F)c3)C2)c(OC)c1. The summed E-state index contributed by atoms with van der Waals surface area (Å²) in [6.07, 6.45) is 1.32. The van der Waals surface area contributed by atoms with E-state index in [2.05, 4.69) is 5.10 Å². The highest BCUT2D eigenvalue weighted by Crippen LogP contribution is 2.38. The maximum atomic E-state index is 13.9. The summed E-state index contributed by atoms with van der Waals surface area (Å²) in [5.41, 5.74) is 1.62. The fraction of sp³-hybridized carbons (Fsp3) is 0.278. The minimum absolute atomic E-state index is 0.0272. The van der Waals surface area contributed by atoms with E-state index in [4.69, 9.17) is 21.1 Å². The zero-order valence-corrected chi connectivity index (χ0v) is 16.5. The third kappa shape index (κ3) is 3.86. The van der Waals surface area contributed by atoms with Gasteiger partial charge in [-0.05, 0) is 29.8 Å². The number of halogens is 2. The first-order valence-electron chi connectivity index (χ1n) is 7.99. The molecule has 0 aliphatic carbocycles. The summed E-state index contributed by atoms with van der Waals surface area (Å²) in [5.74, 6) is 0.494. The summed E-state index contributed by atoms with van der Waals surface area (Å²) in [5, 5.41) is 4.26. The third-order valence-corrected chi connectivity index (χ3v) is 5.58. The molecular formula is C18H18ClFN2O4S. The molecule has 1 aliphatic rings. The fourth-order valence-corrected chi connectivity index (χ4v) is 3.98. The van der Waals surface area contributed by atoms with Crippen LogP contribution in [-0.2, 0) is 10.0 Å². The monoisotopic (exact) mass is 412 g/mol. The Balaban J connectivity index is 2.05. The van der Waals surface area contributed by atoms with Crippen molar-refractivity contribution >= 4 is 27.3 Å². The molecule has 1 heterocycles. The van der Waals surface area contributed by atoms with Crippen LogP contribution in [0.5, 0.6) is 11.5 Å². The highest BCUT2D eigenvalue weighted by Gasteiger charge is 2.35. The van der Waals surface area contributed by atoms with Crippen molar-refractivity contribution in [3.05, 3.63) is 58.4 Å². The van der Waals surface area contributed by atoms with Crippen LogP contribution in [0.2, 0.25) is 5.02 Å². The molecule has 0 radical (unpaired) electrons. The lowest BCUT2D eigenvalue weighted by Gasteiger charge is -2.21. The average Bonchev–Trinajstić information content (AvgIpc) is 3.09. The highest BCUT2D eigenvalue weighted by molar-refractivity contribution is 7.88. The largest absolute Gasteiger partial charge is 0.497 e. The lowest BCUT2D eigenvalue weighted by molar-refractivity contribution is 0.373. The standard InChI is InChI=1S/C18H18ClFN2O4S/c1-25-12-5-6-13(18(9-12)26-2)16-10-17(22(21-16)27(3,23)24)11-4-7-14(19)15(20)8-11/h4-9,17H,10H2,1-3H3/t17-/m1/s1. The van der Waals surface area contributed by atoms with Crippen LogP contribution >= 0.6 is 11.6 Å². The molecule has 0 aromatic heterocycles. The van der Waals surface area contributed by atoms with Gasteiger partial charge in [-0.2, -0.15) is 9.52 Å². The van der Waals surface area contributed by atoms with Crippen molar-refractivity contribution in [3.63, 3.8) is 0 Å². The van der Waals surface area contributed by atoms with Gasteiger partial charge >= 0.3 is 0 Å². The maximum absolute atomic E-state index is 13.9. The van der Waals surface area contributed by atoms with E-state index in [0.717, 1.165) is 10.7 Å². The molecule has 2 aromatic carbocycles. The fourth-order valence-electron chi connectivity index (χ4n) is 2.96. The van der Waals surface area contributed by atoms with Crippen LogP contribution in [0.25, 0.3) is 0 Å².